The lowest BCUT2D eigenvalue weighted by Gasteiger charge is -2.07. The average Bonchev–Trinajstić information content (AvgIpc) is 2.44. The Labute approximate surface area is 116 Å². The van der Waals surface area contributed by atoms with E-state index >= 15 is 0 Å². The molecule has 0 bridgehead atoms. The highest BCUT2D eigenvalue weighted by Crippen LogP contribution is 2.13. The number of methoxy groups -OCH3 is 2. The first-order valence-corrected chi connectivity index (χ1v) is 5.81. The molecule has 1 rings (SSSR count). The molecule has 1 amide bonds. The number of nitrogens with one attached hydrogen (secondary N) is 1. The largest absolute Gasteiger partial charge is 0.466 e. The first-order valence-electron chi connectivity index (χ1n) is 5.43. The van der Waals surface area contributed by atoms with Gasteiger partial charge in [-0.25, -0.2) is 9.59 Å². The minimum Gasteiger partial charge on any atom is -0.466 e. The van der Waals surface area contributed by atoms with E-state index < -0.39 is 12.1 Å². The quantitative estimate of drug-likeness (QED) is 0.680. The molecule has 19 heavy (non-hydrogen) atoms. The van der Waals surface area contributed by atoms with Crippen LogP contribution in [0.3, 0.4) is 0 Å². The van der Waals surface area contributed by atoms with Crippen LogP contribution < -0.4 is 5.32 Å². The molecular weight excluding hydrogens is 270 g/mol. The van der Waals surface area contributed by atoms with E-state index in [1.165, 1.54) is 14.2 Å². The molecule has 1 aromatic rings. The Morgan fingerprint density at radius 3 is 2.37 bits per heavy atom. The molecule has 6 heteroatoms. The molecular formula is C13H14ClNO4. The van der Waals surface area contributed by atoms with Gasteiger partial charge < -0.3 is 14.8 Å². The van der Waals surface area contributed by atoms with Crippen molar-refractivity contribution in [3.63, 3.8) is 0 Å². The van der Waals surface area contributed by atoms with Gasteiger partial charge in [0.15, 0.2) is 0 Å². The Bertz CT molecular complexity index is 482. The number of halogens is 1. The van der Waals surface area contributed by atoms with Crippen LogP contribution in [0.4, 0.5) is 4.79 Å². The molecule has 0 saturated carbocycles. The molecule has 0 aliphatic rings. The van der Waals surface area contributed by atoms with Crippen LogP contribution in [-0.4, -0.2) is 32.8 Å². The van der Waals surface area contributed by atoms with Crippen molar-refractivity contribution in [2.75, 3.05) is 20.8 Å². The molecule has 0 fully saturated rings. The van der Waals surface area contributed by atoms with Crippen LogP contribution in [0.5, 0.6) is 0 Å². The highest BCUT2D eigenvalue weighted by molar-refractivity contribution is 6.30. The molecule has 0 unspecified atom stereocenters. The molecule has 1 aromatic carbocycles. The van der Waals surface area contributed by atoms with Crippen molar-refractivity contribution < 1.29 is 19.1 Å². The third-order valence-corrected chi connectivity index (χ3v) is 2.52. The predicted octanol–water partition coefficient (Wildman–Crippen LogP) is 2.25. The Morgan fingerprint density at radius 2 is 1.84 bits per heavy atom. The summed E-state index contributed by atoms with van der Waals surface area (Å²) in [6.07, 6.45) is 0.990. The van der Waals surface area contributed by atoms with Crippen LogP contribution >= 0.6 is 11.6 Å². The molecule has 0 radical (unpaired) electrons. The fourth-order valence-corrected chi connectivity index (χ4v) is 1.44. The smallest absolute Gasteiger partial charge is 0.407 e. The highest BCUT2D eigenvalue weighted by Gasteiger charge is 2.11. The molecule has 5 nitrogen and oxygen atoms in total. The van der Waals surface area contributed by atoms with Crippen LogP contribution in [-0.2, 0) is 14.3 Å². The number of hydrogen-bond donors (Lipinski definition) is 1. The van der Waals surface area contributed by atoms with Gasteiger partial charge in [0, 0.05) is 5.02 Å². The number of hydrogen-bond acceptors (Lipinski definition) is 4. The summed E-state index contributed by atoms with van der Waals surface area (Å²) in [6.45, 7) is 0.0158. The van der Waals surface area contributed by atoms with E-state index in [1.54, 1.807) is 30.3 Å². The molecule has 0 spiro atoms. The van der Waals surface area contributed by atoms with E-state index in [4.69, 9.17) is 11.6 Å². The van der Waals surface area contributed by atoms with Gasteiger partial charge in [0.2, 0.25) is 0 Å². The molecule has 0 atom stereocenters. The summed E-state index contributed by atoms with van der Waals surface area (Å²) in [4.78, 5) is 22.6. The zero-order valence-electron chi connectivity index (χ0n) is 10.6. The van der Waals surface area contributed by atoms with Gasteiger partial charge in [-0.1, -0.05) is 23.7 Å². The van der Waals surface area contributed by atoms with Crippen molar-refractivity contribution in [3.8, 4) is 0 Å². The molecule has 102 valence electrons. The number of ether oxygens (including phenoxy) is 2. The fourth-order valence-electron chi connectivity index (χ4n) is 1.31. The van der Waals surface area contributed by atoms with Gasteiger partial charge in [-0.3, -0.25) is 0 Å². The summed E-state index contributed by atoms with van der Waals surface area (Å²) in [5, 5.41) is 3.02. The van der Waals surface area contributed by atoms with Crippen molar-refractivity contribution in [2.45, 2.75) is 0 Å². The minimum atomic E-state index is -0.620. The normalized spacial score (nSPS) is 10.8. The third kappa shape index (κ3) is 5.01. The Kier molecular flexibility index (Phi) is 5.89. The molecule has 0 aliphatic carbocycles. The monoisotopic (exact) mass is 283 g/mol. The van der Waals surface area contributed by atoms with Gasteiger partial charge >= 0.3 is 12.1 Å². The average molecular weight is 284 g/mol. The summed E-state index contributed by atoms with van der Waals surface area (Å²) in [6, 6.07) is 6.92. The maximum absolute atomic E-state index is 11.6. The van der Waals surface area contributed by atoms with Gasteiger partial charge in [0.25, 0.3) is 0 Å². The highest BCUT2D eigenvalue weighted by atomic mass is 35.5. The maximum Gasteiger partial charge on any atom is 0.407 e. The van der Waals surface area contributed by atoms with Gasteiger partial charge in [0.1, 0.15) is 0 Å². The van der Waals surface area contributed by atoms with E-state index in [-0.39, 0.29) is 6.54 Å². The van der Waals surface area contributed by atoms with Gasteiger partial charge in [-0.15, -0.1) is 0 Å². The Balaban J connectivity index is 2.86. The second kappa shape index (κ2) is 7.43. The standard InChI is InChI=1S/C13H14ClNO4/c1-18-12(16)10(8-15-13(17)19-2)7-9-3-5-11(14)6-4-9/h3-7H,8H2,1-2H3,(H,15,17)/b10-7+. The summed E-state index contributed by atoms with van der Waals surface area (Å²) < 4.78 is 9.08. The van der Waals surface area contributed by atoms with Gasteiger partial charge in [-0.05, 0) is 23.8 Å². The van der Waals surface area contributed by atoms with Crippen LogP contribution in [0.1, 0.15) is 5.56 Å². The zero-order chi connectivity index (χ0) is 14.3. The van der Waals surface area contributed by atoms with Crippen LogP contribution in [0.2, 0.25) is 5.02 Å². The lowest BCUT2D eigenvalue weighted by molar-refractivity contribution is -0.136. The third-order valence-electron chi connectivity index (χ3n) is 2.27. The predicted molar refractivity (Wildman–Crippen MR) is 71.9 cm³/mol. The van der Waals surface area contributed by atoms with Crippen molar-refractivity contribution in [1.29, 1.82) is 0 Å². The summed E-state index contributed by atoms with van der Waals surface area (Å²) >= 11 is 5.77. The lowest BCUT2D eigenvalue weighted by atomic mass is 10.1. The summed E-state index contributed by atoms with van der Waals surface area (Å²) in [5.41, 5.74) is 1.08. The minimum absolute atomic E-state index is 0.0158. The van der Waals surface area contributed by atoms with E-state index in [0.29, 0.717) is 10.6 Å². The van der Waals surface area contributed by atoms with Gasteiger partial charge in [0.05, 0.1) is 26.3 Å². The molecule has 0 aromatic heterocycles. The first kappa shape index (κ1) is 15.0. The topological polar surface area (TPSA) is 64.6 Å². The lowest BCUT2D eigenvalue weighted by Crippen LogP contribution is -2.27. The van der Waals surface area contributed by atoms with Gasteiger partial charge in [-0.2, -0.15) is 0 Å². The number of rotatable bonds is 4. The summed E-state index contributed by atoms with van der Waals surface area (Å²) in [7, 11) is 2.52. The van der Waals surface area contributed by atoms with E-state index in [2.05, 4.69) is 14.8 Å². The fraction of sp³-hybridized carbons (Fsp3) is 0.231. The zero-order valence-corrected chi connectivity index (χ0v) is 11.4. The molecule has 0 aliphatic heterocycles. The van der Waals surface area contributed by atoms with Crippen molar-refractivity contribution in [3.05, 3.63) is 40.4 Å². The number of carbonyl (C=O) groups excluding carboxylic acids is 2. The van der Waals surface area contributed by atoms with E-state index in [0.717, 1.165) is 5.56 Å². The second-order valence-electron chi connectivity index (χ2n) is 3.56. The number of amides is 1. The van der Waals surface area contributed by atoms with E-state index in [1.807, 2.05) is 0 Å². The number of benzene rings is 1. The van der Waals surface area contributed by atoms with Crippen LogP contribution in [0.25, 0.3) is 6.08 Å². The number of esters is 1. The van der Waals surface area contributed by atoms with Crippen LogP contribution in [0.15, 0.2) is 29.8 Å². The molecule has 1 N–H and O–H groups in total. The van der Waals surface area contributed by atoms with E-state index in [9.17, 15) is 9.59 Å². The van der Waals surface area contributed by atoms with Crippen molar-refractivity contribution in [1.82, 2.24) is 5.32 Å². The maximum atomic E-state index is 11.6. The second-order valence-corrected chi connectivity index (χ2v) is 3.99. The molecule has 0 heterocycles. The van der Waals surface area contributed by atoms with Crippen molar-refractivity contribution >= 4 is 29.7 Å². The SMILES string of the molecule is COC(=O)NC/C(=C\c1ccc(Cl)cc1)C(=O)OC. The summed E-state index contributed by atoms with van der Waals surface area (Å²) in [5.74, 6) is -0.522. The Morgan fingerprint density at radius 1 is 1.21 bits per heavy atom. The first-order chi connectivity index (χ1) is 9.06. The number of alkyl carbamates (subject to hydrolysis) is 1. The Hall–Kier alpha value is -2.01. The number of carbonyl (C=O) groups is 2. The van der Waals surface area contributed by atoms with Crippen molar-refractivity contribution in [2.24, 2.45) is 0 Å². The van der Waals surface area contributed by atoms with Crippen LogP contribution in [0, 0.1) is 0 Å². The molecule has 0 saturated heterocycles.